The third-order valence-corrected chi connectivity index (χ3v) is 12.5. The predicted octanol–water partition coefficient (Wildman–Crippen LogP) is 7.63. The molecule has 0 radical (unpaired) electrons. The molecule has 0 aliphatic carbocycles. The second kappa shape index (κ2) is 13.4. The maximum absolute atomic E-state index is 17.2. The zero-order valence-electron chi connectivity index (χ0n) is 29.3. The molecule has 3 aliphatic rings. The number of benzene rings is 2. The Morgan fingerprint density at radius 2 is 2.04 bits per heavy atom. The molecule has 6 heterocycles. The fourth-order valence-corrected chi connectivity index (χ4v) is 9.81. The average molecular weight is 804 g/mol. The SMILES string of the molecule is C[C@@H]1[C@H](N(C)c2nc(OC[C@@]34CCCN3C[C@H](F)C4)nc3c(F)c(-c4ccc(F)c5sc(N)c(C#N)c45)c(Cl)cc23)CCN1C(=O)n1ccnc1C(F)(F)F. The molecule has 0 spiro atoms. The highest BCUT2D eigenvalue weighted by Gasteiger charge is 2.49. The Bertz CT molecular complexity index is 2420. The standard InChI is InChI=1S/C36H32ClF6N9O2S/c1-17-24(6-10-51(17)34(53)52-11-8-46-32(52)36(41,42)43)49(2)31-20-12-22(37)26(19-4-5-23(39)29-25(19)21(14-44)30(45)55-29)27(40)28(20)47-33(48-31)54-16-35-7-3-9-50(35)15-18(38)13-35/h4-5,8,11-12,17-18,24H,3,6-7,9-10,13,15-16,45H2,1-2H3/t17-,18-,24-,35+/m1/s1. The van der Waals surface area contributed by atoms with E-state index in [1.807, 2.05) is 11.0 Å². The molecule has 0 bridgehead atoms. The van der Waals surface area contributed by atoms with Gasteiger partial charge in [0.1, 0.15) is 41.0 Å². The Kier molecular flexibility index (Phi) is 9.04. The number of ether oxygens (including phenoxy) is 1. The molecule has 3 fully saturated rings. The summed E-state index contributed by atoms with van der Waals surface area (Å²) in [4.78, 5) is 31.0. The van der Waals surface area contributed by atoms with Crippen molar-refractivity contribution in [3.63, 3.8) is 0 Å². The summed E-state index contributed by atoms with van der Waals surface area (Å²) in [6.07, 6.45) is -1.95. The van der Waals surface area contributed by atoms with E-state index in [2.05, 4.69) is 9.97 Å². The largest absolute Gasteiger partial charge is 0.461 e. The second-order valence-corrected chi connectivity index (χ2v) is 15.7. The van der Waals surface area contributed by atoms with Gasteiger partial charge in [-0.2, -0.15) is 28.4 Å². The number of hydrogen-bond acceptors (Lipinski definition) is 10. The number of fused-ring (bicyclic) bond motifs is 3. The van der Waals surface area contributed by atoms with E-state index < -0.39 is 53.5 Å². The molecule has 1 amide bonds. The number of nitrogen functional groups attached to an aromatic ring is 1. The van der Waals surface area contributed by atoms with Crippen molar-refractivity contribution in [3.05, 3.63) is 58.6 Å². The zero-order chi connectivity index (χ0) is 39.1. The predicted molar refractivity (Wildman–Crippen MR) is 194 cm³/mol. The average Bonchev–Trinajstić information content (AvgIpc) is 3.96. The minimum atomic E-state index is -4.86. The second-order valence-electron chi connectivity index (χ2n) is 14.2. The molecule has 3 aliphatic heterocycles. The van der Waals surface area contributed by atoms with Crippen molar-refractivity contribution in [3.8, 4) is 23.2 Å². The molecule has 4 atom stereocenters. The third-order valence-electron chi connectivity index (χ3n) is 11.2. The smallest absolute Gasteiger partial charge is 0.450 e. The van der Waals surface area contributed by atoms with Crippen LogP contribution >= 0.6 is 22.9 Å². The Morgan fingerprint density at radius 3 is 2.78 bits per heavy atom. The number of likely N-dealkylation sites (N-methyl/N-ethyl adjacent to an activating group) is 1. The molecule has 55 heavy (non-hydrogen) atoms. The molecule has 3 aromatic heterocycles. The first-order chi connectivity index (χ1) is 26.1. The van der Waals surface area contributed by atoms with Crippen LogP contribution in [0.2, 0.25) is 5.02 Å². The van der Waals surface area contributed by atoms with E-state index in [4.69, 9.17) is 27.1 Å². The number of anilines is 2. The molecule has 3 saturated heterocycles. The maximum atomic E-state index is 17.2. The van der Waals surface area contributed by atoms with Gasteiger partial charge in [0.05, 0.1) is 32.9 Å². The van der Waals surface area contributed by atoms with Gasteiger partial charge >= 0.3 is 18.2 Å². The molecule has 19 heteroatoms. The summed E-state index contributed by atoms with van der Waals surface area (Å²) in [7, 11) is 1.65. The summed E-state index contributed by atoms with van der Waals surface area (Å²) >= 11 is 7.69. The van der Waals surface area contributed by atoms with Gasteiger partial charge in [0.2, 0.25) is 5.82 Å². The van der Waals surface area contributed by atoms with Gasteiger partial charge in [0.25, 0.3) is 0 Å². The monoisotopic (exact) mass is 803 g/mol. The first-order valence-electron chi connectivity index (χ1n) is 17.4. The third kappa shape index (κ3) is 5.98. The van der Waals surface area contributed by atoms with E-state index in [9.17, 15) is 32.0 Å². The van der Waals surface area contributed by atoms with Gasteiger partial charge in [-0.25, -0.2) is 27.5 Å². The molecular formula is C36H32ClF6N9O2S. The molecule has 0 saturated carbocycles. The van der Waals surface area contributed by atoms with Crippen LogP contribution in [-0.2, 0) is 6.18 Å². The summed E-state index contributed by atoms with van der Waals surface area (Å²) in [5.74, 6) is -2.78. The van der Waals surface area contributed by atoms with Crippen molar-refractivity contribution in [1.29, 1.82) is 5.26 Å². The van der Waals surface area contributed by atoms with Gasteiger partial charge < -0.3 is 20.3 Å². The van der Waals surface area contributed by atoms with E-state index in [0.29, 0.717) is 24.0 Å². The number of rotatable bonds is 6. The van der Waals surface area contributed by atoms with Crippen LogP contribution in [0.3, 0.4) is 0 Å². The van der Waals surface area contributed by atoms with Gasteiger partial charge in [-0.3, -0.25) is 4.90 Å². The van der Waals surface area contributed by atoms with E-state index in [0.717, 1.165) is 36.2 Å². The molecule has 0 unspecified atom stereocenters. The lowest BCUT2D eigenvalue weighted by Crippen LogP contribution is -2.46. The van der Waals surface area contributed by atoms with Crippen LogP contribution in [0.1, 0.15) is 44.0 Å². The molecule has 5 aromatic rings. The van der Waals surface area contributed by atoms with E-state index in [1.165, 1.54) is 17.0 Å². The highest BCUT2D eigenvalue weighted by molar-refractivity contribution is 7.23. The van der Waals surface area contributed by atoms with Crippen LogP contribution in [0.25, 0.3) is 32.1 Å². The number of hydrogen-bond donors (Lipinski definition) is 1. The van der Waals surface area contributed by atoms with Crippen molar-refractivity contribution in [2.75, 3.05) is 43.9 Å². The number of likely N-dealkylation sites (tertiary alicyclic amines) is 1. The van der Waals surface area contributed by atoms with E-state index in [-0.39, 0.29) is 85.6 Å². The van der Waals surface area contributed by atoms with Gasteiger partial charge in [0.15, 0.2) is 5.82 Å². The number of nitrogens with zero attached hydrogens (tertiary/aromatic N) is 8. The first-order valence-corrected chi connectivity index (χ1v) is 18.6. The van der Waals surface area contributed by atoms with Crippen molar-refractivity contribution < 1.29 is 35.9 Å². The van der Waals surface area contributed by atoms with Crippen LogP contribution in [0.4, 0.5) is 42.0 Å². The van der Waals surface area contributed by atoms with E-state index >= 15 is 4.39 Å². The van der Waals surface area contributed by atoms with Gasteiger partial charge in [-0.15, -0.1) is 11.3 Å². The summed E-state index contributed by atoms with van der Waals surface area (Å²) < 4.78 is 94.4. The Morgan fingerprint density at radius 1 is 1.25 bits per heavy atom. The lowest BCUT2D eigenvalue weighted by atomic mass is 9.95. The number of alkyl halides is 4. The van der Waals surface area contributed by atoms with Gasteiger partial charge in [-0.1, -0.05) is 17.7 Å². The normalized spacial score (nSPS) is 22.8. The van der Waals surface area contributed by atoms with Crippen LogP contribution in [0.5, 0.6) is 6.01 Å². The van der Waals surface area contributed by atoms with Crippen molar-refractivity contribution in [1.82, 2.24) is 29.3 Å². The van der Waals surface area contributed by atoms with E-state index in [1.54, 1.807) is 18.9 Å². The summed E-state index contributed by atoms with van der Waals surface area (Å²) in [5, 5.41) is 10.1. The topological polar surface area (TPSA) is 129 Å². The zero-order valence-corrected chi connectivity index (χ0v) is 30.9. The molecule has 2 N–H and O–H groups in total. The Hall–Kier alpha value is -4.86. The van der Waals surface area contributed by atoms with Gasteiger partial charge in [-0.05, 0) is 50.4 Å². The number of nitriles is 1. The summed E-state index contributed by atoms with van der Waals surface area (Å²) in [6, 6.07) is 3.51. The minimum absolute atomic E-state index is 0.0248. The first kappa shape index (κ1) is 37.1. The molecule has 8 rings (SSSR count). The van der Waals surface area contributed by atoms with Crippen LogP contribution in [0, 0.1) is 23.0 Å². The van der Waals surface area contributed by atoms with Crippen LogP contribution in [-0.4, -0.2) is 92.4 Å². The summed E-state index contributed by atoms with van der Waals surface area (Å²) in [6.45, 7) is 2.77. The molecular weight excluding hydrogens is 772 g/mol. The number of thiophene rings is 1. The van der Waals surface area contributed by atoms with Gasteiger partial charge in [0, 0.05) is 55.3 Å². The number of carbonyl (C=O) groups excluding carboxylic acids is 1. The lowest BCUT2D eigenvalue weighted by Gasteiger charge is -2.33. The highest BCUT2D eigenvalue weighted by atomic mass is 35.5. The minimum Gasteiger partial charge on any atom is -0.461 e. The number of nitrogens with two attached hydrogens (primary N) is 1. The number of amides is 1. The Labute approximate surface area is 318 Å². The fourth-order valence-electron chi connectivity index (χ4n) is 8.57. The molecule has 2 aromatic carbocycles. The lowest BCUT2D eigenvalue weighted by molar-refractivity contribution is -0.146. The van der Waals surface area contributed by atoms with Crippen LogP contribution in [0.15, 0.2) is 30.6 Å². The quantitative estimate of drug-likeness (QED) is 0.172. The summed E-state index contributed by atoms with van der Waals surface area (Å²) in [5.41, 5.74) is 5.14. The molecule has 288 valence electrons. The van der Waals surface area contributed by atoms with Crippen molar-refractivity contribution >= 4 is 60.8 Å². The maximum Gasteiger partial charge on any atom is 0.450 e. The fraction of sp³-hybridized carbons (Fsp3) is 0.417. The molecule has 11 nitrogen and oxygen atoms in total. The number of halogens is 7. The number of aromatic nitrogens is 4. The number of carbonyl (C=O) groups is 1. The van der Waals surface area contributed by atoms with Crippen LogP contribution < -0.4 is 15.4 Å². The van der Waals surface area contributed by atoms with Crippen molar-refractivity contribution in [2.45, 2.75) is 62.6 Å². The number of imidazole rings is 1. The highest BCUT2D eigenvalue weighted by Crippen LogP contribution is 2.46. The Balaban J connectivity index is 1.23. The van der Waals surface area contributed by atoms with Crippen molar-refractivity contribution in [2.24, 2.45) is 0 Å².